The molecule has 2 aromatic rings. The van der Waals surface area contributed by atoms with Crippen LogP contribution < -0.4 is 16.1 Å². The molecular formula is C13H19N5O3. The molecule has 21 heavy (non-hydrogen) atoms. The molecule has 3 rings (SSSR count). The van der Waals surface area contributed by atoms with E-state index in [-0.39, 0.29) is 5.92 Å². The molecule has 2 unspecified atom stereocenters. The van der Waals surface area contributed by atoms with Crippen LogP contribution in [0.15, 0.2) is 9.59 Å². The zero-order chi connectivity index (χ0) is 15.3. The number of nitrogens with one attached hydrogen (secondary N) is 1. The molecule has 2 N–H and O–H groups in total. The van der Waals surface area contributed by atoms with Crippen LogP contribution in [0.2, 0.25) is 0 Å². The Morgan fingerprint density at radius 2 is 2.00 bits per heavy atom. The summed E-state index contributed by atoms with van der Waals surface area (Å²) in [6.45, 7) is 3.24. The minimum atomic E-state index is -0.418. The van der Waals surface area contributed by atoms with Crippen LogP contribution in [0.4, 0.5) is 5.95 Å². The molecule has 8 heteroatoms. The number of H-pyrrole nitrogens is 1. The molecule has 2 atom stereocenters. The minimum Gasteiger partial charge on any atom is -0.391 e. The summed E-state index contributed by atoms with van der Waals surface area (Å²) < 4.78 is 2.40. The number of fused-ring (bicyclic) bond motifs is 1. The van der Waals surface area contributed by atoms with Gasteiger partial charge in [-0.2, -0.15) is 4.98 Å². The Kier molecular flexibility index (Phi) is 3.12. The average molecular weight is 293 g/mol. The summed E-state index contributed by atoms with van der Waals surface area (Å²) in [5, 5.41) is 9.98. The highest BCUT2D eigenvalue weighted by molar-refractivity contribution is 5.73. The normalized spacial score (nSPS) is 23.0. The minimum absolute atomic E-state index is 0.253. The maximum Gasteiger partial charge on any atom is 0.332 e. The number of aryl methyl sites for hydroxylation is 1. The summed E-state index contributed by atoms with van der Waals surface area (Å²) in [5.74, 6) is 0.775. The first-order chi connectivity index (χ1) is 9.90. The number of aliphatic hydroxyl groups is 1. The second-order valence-corrected chi connectivity index (χ2v) is 5.74. The lowest BCUT2D eigenvalue weighted by Gasteiger charge is -2.33. The van der Waals surface area contributed by atoms with E-state index in [0.29, 0.717) is 23.7 Å². The fraction of sp³-hybridized carbons (Fsp3) is 0.615. The molecule has 0 amide bonds. The number of nitrogens with zero attached hydrogens (tertiary/aromatic N) is 4. The Hall–Kier alpha value is -2.09. The van der Waals surface area contributed by atoms with Gasteiger partial charge in [0.05, 0.1) is 6.10 Å². The molecule has 0 aliphatic carbocycles. The van der Waals surface area contributed by atoms with Crippen molar-refractivity contribution >= 4 is 17.1 Å². The van der Waals surface area contributed by atoms with Crippen LogP contribution in [-0.4, -0.2) is 43.4 Å². The van der Waals surface area contributed by atoms with Gasteiger partial charge in [0.15, 0.2) is 11.2 Å². The van der Waals surface area contributed by atoms with Crippen molar-refractivity contribution in [3.63, 3.8) is 0 Å². The summed E-state index contributed by atoms with van der Waals surface area (Å²) in [6.07, 6.45) is 0.438. The number of aromatic amines is 1. The summed E-state index contributed by atoms with van der Waals surface area (Å²) in [5.41, 5.74) is -0.149. The number of imidazole rings is 1. The van der Waals surface area contributed by atoms with E-state index in [1.54, 1.807) is 7.05 Å². The van der Waals surface area contributed by atoms with Crippen LogP contribution in [0.5, 0.6) is 0 Å². The van der Waals surface area contributed by atoms with Crippen molar-refractivity contribution in [3.8, 4) is 0 Å². The van der Waals surface area contributed by atoms with Crippen molar-refractivity contribution in [2.75, 3.05) is 18.0 Å². The molecule has 0 saturated carbocycles. The fourth-order valence-electron chi connectivity index (χ4n) is 2.70. The molecule has 0 aromatic carbocycles. The van der Waals surface area contributed by atoms with Crippen molar-refractivity contribution in [2.45, 2.75) is 19.4 Å². The third-order valence-electron chi connectivity index (χ3n) is 4.30. The number of piperidine rings is 1. The topological polar surface area (TPSA) is 96.2 Å². The molecule has 3 heterocycles. The van der Waals surface area contributed by atoms with Gasteiger partial charge < -0.3 is 15.0 Å². The Bertz CT molecular complexity index is 802. The Morgan fingerprint density at radius 1 is 1.29 bits per heavy atom. The molecule has 1 saturated heterocycles. The van der Waals surface area contributed by atoms with E-state index >= 15 is 0 Å². The third-order valence-corrected chi connectivity index (χ3v) is 4.30. The number of rotatable bonds is 1. The first kappa shape index (κ1) is 13.9. The van der Waals surface area contributed by atoms with Gasteiger partial charge >= 0.3 is 5.69 Å². The second-order valence-electron chi connectivity index (χ2n) is 5.74. The van der Waals surface area contributed by atoms with Crippen molar-refractivity contribution in [1.82, 2.24) is 19.1 Å². The van der Waals surface area contributed by atoms with Crippen molar-refractivity contribution in [2.24, 2.45) is 20.0 Å². The van der Waals surface area contributed by atoms with Gasteiger partial charge in [0, 0.05) is 27.2 Å². The Balaban J connectivity index is 2.10. The quantitative estimate of drug-likeness (QED) is 0.715. The van der Waals surface area contributed by atoms with Crippen LogP contribution in [0.1, 0.15) is 13.3 Å². The molecule has 0 radical (unpaired) electrons. The van der Waals surface area contributed by atoms with Crippen molar-refractivity contribution < 1.29 is 5.11 Å². The average Bonchev–Trinajstić information content (AvgIpc) is 2.91. The zero-order valence-corrected chi connectivity index (χ0v) is 12.3. The number of aliphatic hydroxyl groups excluding tert-OH is 1. The summed E-state index contributed by atoms with van der Waals surface area (Å²) in [4.78, 5) is 33.3. The molecule has 114 valence electrons. The lowest BCUT2D eigenvalue weighted by atomic mass is 9.96. The van der Waals surface area contributed by atoms with E-state index in [9.17, 15) is 14.7 Å². The maximum absolute atomic E-state index is 12.1. The lowest BCUT2D eigenvalue weighted by molar-refractivity contribution is 0.102. The van der Waals surface area contributed by atoms with E-state index in [1.165, 1.54) is 11.6 Å². The van der Waals surface area contributed by atoms with Crippen molar-refractivity contribution in [1.29, 1.82) is 0 Å². The molecule has 1 fully saturated rings. The number of hydrogen-bond donors (Lipinski definition) is 2. The van der Waals surface area contributed by atoms with Crippen LogP contribution in [0.3, 0.4) is 0 Å². The molecular weight excluding hydrogens is 274 g/mol. The van der Waals surface area contributed by atoms with Gasteiger partial charge in [0.2, 0.25) is 5.95 Å². The van der Waals surface area contributed by atoms with E-state index in [1.807, 2.05) is 11.8 Å². The first-order valence-electron chi connectivity index (χ1n) is 6.99. The standard InChI is InChI=1S/C13H19N5O3/c1-7-4-5-18(6-8(7)19)12-14-9-10(15-12)16(2)13(21)17(3)11(9)20/h7-8,19H,4-6H2,1-3H3,(H,14,15). The molecule has 8 nitrogen and oxygen atoms in total. The highest BCUT2D eigenvalue weighted by Crippen LogP contribution is 2.22. The molecule has 0 spiro atoms. The predicted molar refractivity (Wildman–Crippen MR) is 78.6 cm³/mol. The lowest BCUT2D eigenvalue weighted by Crippen LogP contribution is -2.43. The largest absolute Gasteiger partial charge is 0.391 e. The van der Waals surface area contributed by atoms with Crippen molar-refractivity contribution in [3.05, 3.63) is 20.8 Å². The van der Waals surface area contributed by atoms with Crippen LogP contribution in [0, 0.1) is 5.92 Å². The zero-order valence-electron chi connectivity index (χ0n) is 12.3. The molecule has 1 aliphatic heterocycles. The highest BCUT2D eigenvalue weighted by atomic mass is 16.3. The maximum atomic E-state index is 12.1. The van der Waals surface area contributed by atoms with Gasteiger partial charge in [-0.15, -0.1) is 0 Å². The monoisotopic (exact) mass is 293 g/mol. The Morgan fingerprint density at radius 3 is 2.67 bits per heavy atom. The van der Waals surface area contributed by atoms with E-state index in [0.717, 1.165) is 17.5 Å². The number of anilines is 1. The van der Waals surface area contributed by atoms with Crippen LogP contribution in [0.25, 0.3) is 11.2 Å². The smallest absolute Gasteiger partial charge is 0.332 e. The molecule has 0 bridgehead atoms. The van der Waals surface area contributed by atoms with Gasteiger partial charge in [0.25, 0.3) is 5.56 Å². The number of aromatic nitrogens is 4. The second kappa shape index (κ2) is 4.73. The third kappa shape index (κ3) is 2.06. The SMILES string of the molecule is CC1CCN(c2nc3c([nH]2)c(=O)n(C)c(=O)n3C)CC1O. The summed E-state index contributed by atoms with van der Waals surface area (Å²) in [6, 6.07) is 0. The van der Waals surface area contributed by atoms with Gasteiger partial charge in [-0.1, -0.05) is 6.92 Å². The van der Waals surface area contributed by atoms with E-state index in [2.05, 4.69) is 9.97 Å². The molecule has 1 aliphatic rings. The van der Waals surface area contributed by atoms with Gasteiger partial charge in [-0.25, -0.2) is 4.79 Å². The molecule has 2 aromatic heterocycles. The van der Waals surface area contributed by atoms with Gasteiger partial charge in [0.1, 0.15) is 0 Å². The highest BCUT2D eigenvalue weighted by Gasteiger charge is 2.26. The van der Waals surface area contributed by atoms with Gasteiger partial charge in [-0.3, -0.25) is 13.9 Å². The number of hydrogen-bond acceptors (Lipinski definition) is 5. The van der Waals surface area contributed by atoms with E-state index < -0.39 is 17.4 Å². The van der Waals surface area contributed by atoms with E-state index in [4.69, 9.17) is 0 Å². The first-order valence-corrected chi connectivity index (χ1v) is 6.99. The predicted octanol–water partition coefficient (Wildman–Crippen LogP) is -0.833. The summed E-state index contributed by atoms with van der Waals surface area (Å²) in [7, 11) is 3.03. The van der Waals surface area contributed by atoms with Gasteiger partial charge in [-0.05, 0) is 12.3 Å². The number of β-amino-alcohol motifs (C(OH)–C–C–N with tert-alkyl or cyclic N) is 1. The van der Waals surface area contributed by atoms with Crippen LogP contribution in [-0.2, 0) is 14.1 Å². The fourth-order valence-corrected chi connectivity index (χ4v) is 2.70. The summed E-state index contributed by atoms with van der Waals surface area (Å²) >= 11 is 0. The van der Waals surface area contributed by atoms with Crippen LogP contribution >= 0.6 is 0 Å². The Labute approximate surface area is 120 Å².